The lowest BCUT2D eigenvalue weighted by Crippen LogP contribution is -2.02. The van der Waals surface area contributed by atoms with Crippen LogP contribution in [0.25, 0.3) is 21.5 Å². The molecule has 1 aliphatic heterocycles. The van der Waals surface area contributed by atoms with Crippen LogP contribution in [0.3, 0.4) is 0 Å². The molecule has 3 radical (unpaired) electrons. The summed E-state index contributed by atoms with van der Waals surface area (Å²) < 4.78 is 4.94. The van der Waals surface area contributed by atoms with Gasteiger partial charge in [-0.1, -0.05) is 48.5 Å². The first kappa shape index (κ1) is 17.0. The molecule has 1 saturated heterocycles. The number of ether oxygens (including phenoxy) is 1. The minimum Gasteiger partial charge on any atom is -0.381 e. The van der Waals surface area contributed by atoms with E-state index in [4.69, 9.17) is 4.74 Å². The van der Waals surface area contributed by atoms with Gasteiger partial charge in [0, 0.05) is 21.6 Å². The van der Waals surface area contributed by atoms with E-state index in [1.54, 1.807) is 11.1 Å². The van der Waals surface area contributed by atoms with Crippen molar-refractivity contribution in [2.75, 3.05) is 13.2 Å². The Kier molecular flexibility index (Phi) is 5.58. The first-order chi connectivity index (χ1) is 11.4. The van der Waals surface area contributed by atoms with Crippen molar-refractivity contribution in [1.82, 2.24) is 0 Å². The van der Waals surface area contributed by atoms with Crippen molar-refractivity contribution in [3.63, 3.8) is 0 Å². The van der Waals surface area contributed by atoms with Gasteiger partial charge in [-0.25, -0.2) is 0 Å². The molecule has 24 heavy (non-hydrogen) atoms. The predicted molar refractivity (Wildman–Crippen MR) is 104 cm³/mol. The van der Waals surface area contributed by atoms with E-state index in [-0.39, 0.29) is 8.41 Å². The highest BCUT2D eigenvalue weighted by Gasteiger charge is 2.13. The molecular weight excluding hydrogens is 291 g/mol. The average Bonchev–Trinajstić information content (AvgIpc) is 3.21. The highest BCUT2D eigenvalue weighted by Crippen LogP contribution is 2.33. The third kappa shape index (κ3) is 3.34. The molecule has 0 aromatic heterocycles. The van der Waals surface area contributed by atoms with E-state index in [1.807, 2.05) is 0 Å². The Balaban J connectivity index is 0.000000245. The lowest BCUT2D eigenvalue weighted by Gasteiger charge is -2.18. The normalized spacial score (nSPS) is 16.2. The van der Waals surface area contributed by atoms with Gasteiger partial charge >= 0.3 is 0 Å². The second kappa shape index (κ2) is 7.85. The van der Waals surface area contributed by atoms with Crippen LogP contribution in [0, 0.1) is 0 Å². The third-order valence-electron chi connectivity index (χ3n) is 5.08. The van der Waals surface area contributed by atoms with Crippen LogP contribution in [0.15, 0.2) is 48.5 Å². The molecule has 0 bridgehead atoms. The van der Waals surface area contributed by atoms with E-state index in [1.165, 1.54) is 60.1 Å². The highest BCUT2D eigenvalue weighted by molar-refractivity contribution is 6.08. The molecule has 0 N–H and O–H groups in total. The molecule has 2 aliphatic rings. The molecule has 0 amide bonds. The maximum atomic E-state index is 4.94. The largest absolute Gasteiger partial charge is 0.381 e. The maximum Gasteiger partial charge on any atom is 0.0466 e. The van der Waals surface area contributed by atoms with E-state index in [0.29, 0.717) is 0 Å². The molecule has 121 valence electrons. The van der Waals surface area contributed by atoms with E-state index in [0.717, 1.165) is 13.2 Å². The van der Waals surface area contributed by atoms with Crippen LogP contribution in [-0.4, -0.2) is 21.6 Å². The Hall–Kier alpha value is -1.80. The summed E-state index contributed by atoms with van der Waals surface area (Å²) in [6.45, 7) is 2.00. The smallest absolute Gasteiger partial charge is 0.0466 e. The number of hydrogen-bond donors (Lipinski definition) is 0. The number of fused-ring (bicyclic) bond motifs is 5. The molecule has 0 unspecified atom stereocenters. The van der Waals surface area contributed by atoms with Crippen molar-refractivity contribution in [3.8, 4) is 0 Å². The molecule has 3 aromatic carbocycles. The van der Waals surface area contributed by atoms with Crippen LogP contribution in [0.5, 0.6) is 0 Å². The van der Waals surface area contributed by atoms with Gasteiger partial charge in [0.2, 0.25) is 0 Å². The summed E-state index contributed by atoms with van der Waals surface area (Å²) in [6, 6.07) is 18.0. The molecule has 0 atom stereocenters. The monoisotopic (exact) mass is 315 g/mol. The van der Waals surface area contributed by atoms with E-state index < -0.39 is 0 Å². The zero-order chi connectivity index (χ0) is 15.5. The molecule has 0 saturated carbocycles. The fourth-order valence-corrected chi connectivity index (χ4v) is 3.85. The summed E-state index contributed by atoms with van der Waals surface area (Å²) in [5.41, 5.74) is 3.17. The quantitative estimate of drug-likeness (QED) is 0.405. The lowest BCUT2D eigenvalue weighted by molar-refractivity contribution is 0.198. The van der Waals surface area contributed by atoms with Crippen LogP contribution in [0.2, 0.25) is 0 Å². The summed E-state index contributed by atoms with van der Waals surface area (Å²) in [4.78, 5) is 0. The third-order valence-corrected chi connectivity index (χ3v) is 5.08. The SMILES string of the molecule is C1CCOC1.[B].c1ccc2c(c1)ccc1c3c(ccc12)CCCC3. The first-order valence-corrected chi connectivity index (χ1v) is 8.93. The summed E-state index contributed by atoms with van der Waals surface area (Å²) in [5, 5.41) is 5.64. The minimum absolute atomic E-state index is 0. The minimum atomic E-state index is 0. The predicted octanol–water partition coefficient (Wildman–Crippen LogP) is 5.29. The second-order valence-corrected chi connectivity index (χ2v) is 6.61. The lowest BCUT2D eigenvalue weighted by atomic mass is 9.86. The molecular formula is C22H24BO. The number of aryl methyl sites for hydroxylation is 2. The molecule has 1 heterocycles. The first-order valence-electron chi connectivity index (χ1n) is 8.93. The number of rotatable bonds is 0. The fourth-order valence-electron chi connectivity index (χ4n) is 3.85. The standard InChI is InChI=1S/C18H16.C4H8O.B/c1-3-7-15-13(5-1)9-11-18-16-8-4-2-6-14(16)10-12-17(15)18;1-2-4-5-3-1;/h1,3,5,7,9-12H,2,4,6,8H2;1-4H2;. The summed E-state index contributed by atoms with van der Waals surface area (Å²) in [6.07, 6.45) is 7.77. The van der Waals surface area contributed by atoms with Crippen LogP contribution in [0.1, 0.15) is 36.8 Å². The van der Waals surface area contributed by atoms with Crippen LogP contribution in [-0.2, 0) is 17.6 Å². The van der Waals surface area contributed by atoms with Gasteiger partial charge in [0.25, 0.3) is 0 Å². The van der Waals surface area contributed by atoms with Crippen molar-refractivity contribution < 1.29 is 4.74 Å². The molecule has 2 heteroatoms. The van der Waals surface area contributed by atoms with Crippen molar-refractivity contribution >= 4 is 30.0 Å². The summed E-state index contributed by atoms with van der Waals surface area (Å²) >= 11 is 0. The van der Waals surface area contributed by atoms with E-state index in [2.05, 4.69) is 48.5 Å². The average molecular weight is 315 g/mol. The maximum absolute atomic E-state index is 4.94. The Bertz CT molecular complexity index is 813. The van der Waals surface area contributed by atoms with Gasteiger partial charge in [0.15, 0.2) is 0 Å². The zero-order valence-corrected chi connectivity index (χ0v) is 14.3. The Morgan fingerprint density at radius 3 is 2.17 bits per heavy atom. The molecule has 1 fully saturated rings. The Morgan fingerprint density at radius 2 is 1.38 bits per heavy atom. The fraction of sp³-hybridized carbons (Fsp3) is 0.364. The summed E-state index contributed by atoms with van der Waals surface area (Å²) in [5.74, 6) is 0. The van der Waals surface area contributed by atoms with Crippen molar-refractivity contribution in [2.24, 2.45) is 0 Å². The van der Waals surface area contributed by atoms with E-state index in [9.17, 15) is 0 Å². The van der Waals surface area contributed by atoms with Gasteiger partial charge in [0.1, 0.15) is 0 Å². The van der Waals surface area contributed by atoms with E-state index >= 15 is 0 Å². The summed E-state index contributed by atoms with van der Waals surface area (Å²) in [7, 11) is 0. The zero-order valence-electron chi connectivity index (χ0n) is 14.3. The molecule has 3 aromatic rings. The van der Waals surface area contributed by atoms with Crippen molar-refractivity contribution in [1.29, 1.82) is 0 Å². The Morgan fingerprint density at radius 1 is 0.625 bits per heavy atom. The van der Waals surface area contributed by atoms with Gasteiger partial charge in [-0.3, -0.25) is 0 Å². The number of hydrogen-bond acceptors (Lipinski definition) is 1. The van der Waals surface area contributed by atoms with Crippen LogP contribution in [0.4, 0.5) is 0 Å². The van der Waals surface area contributed by atoms with Gasteiger partial charge in [-0.15, -0.1) is 0 Å². The number of benzene rings is 3. The molecule has 1 aliphatic carbocycles. The van der Waals surface area contributed by atoms with Crippen LogP contribution < -0.4 is 0 Å². The van der Waals surface area contributed by atoms with Gasteiger partial charge in [-0.2, -0.15) is 0 Å². The molecule has 0 spiro atoms. The van der Waals surface area contributed by atoms with Crippen molar-refractivity contribution in [2.45, 2.75) is 38.5 Å². The van der Waals surface area contributed by atoms with Gasteiger partial charge in [0.05, 0.1) is 0 Å². The van der Waals surface area contributed by atoms with Crippen LogP contribution >= 0.6 is 0 Å². The van der Waals surface area contributed by atoms with Gasteiger partial charge < -0.3 is 4.74 Å². The topological polar surface area (TPSA) is 9.23 Å². The molecule has 5 rings (SSSR count). The second-order valence-electron chi connectivity index (χ2n) is 6.61. The Labute approximate surface area is 146 Å². The molecule has 1 nitrogen and oxygen atoms in total. The highest BCUT2D eigenvalue weighted by atomic mass is 16.5. The van der Waals surface area contributed by atoms with Crippen molar-refractivity contribution in [3.05, 3.63) is 59.7 Å². The van der Waals surface area contributed by atoms with Gasteiger partial charge in [-0.05, 0) is 71.2 Å².